The highest BCUT2D eigenvalue weighted by Gasteiger charge is 2.22. The Labute approximate surface area is 92.4 Å². The molecule has 0 amide bonds. The van der Waals surface area contributed by atoms with Gasteiger partial charge in [0.05, 0.1) is 6.04 Å². The van der Waals surface area contributed by atoms with E-state index >= 15 is 0 Å². The van der Waals surface area contributed by atoms with Crippen LogP contribution in [0.1, 0.15) is 12.8 Å². The van der Waals surface area contributed by atoms with Crippen LogP contribution in [0, 0.1) is 0 Å². The second-order valence-corrected chi connectivity index (χ2v) is 3.43. The molecule has 0 aliphatic rings. The van der Waals surface area contributed by atoms with Crippen LogP contribution in [0.3, 0.4) is 0 Å². The molecule has 0 aromatic carbocycles. The zero-order chi connectivity index (χ0) is 12.0. The van der Waals surface area contributed by atoms with E-state index in [1.165, 1.54) is 0 Å². The number of hydrogen-bond acceptors (Lipinski definition) is 6. The number of hydrogen-bond donors (Lipinski definition) is 4. The smallest absolute Gasteiger partial charge is 0.320 e. The summed E-state index contributed by atoms with van der Waals surface area (Å²) in [5.41, 5.74) is 10.5. The van der Waals surface area contributed by atoms with Crippen molar-refractivity contribution >= 4 is 30.2 Å². The fourth-order valence-corrected chi connectivity index (χ4v) is 0.989. The van der Waals surface area contributed by atoms with Gasteiger partial charge in [-0.15, -0.1) is 0 Å². The lowest BCUT2D eigenvalue weighted by atomic mass is 10.0. The summed E-state index contributed by atoms with van der Waals surface area (Å²) in [4.78, 5) is 32.6. The first-order valence-electron chi connectivity index (χ1n) is 4.32. The maximum Gasteiger partial charge on any atom is 0.320 e. The molecule has 0 aliphatic carbocycles. The maximum absolute atomic E-state index is 11.2. The first-order valence-corrected chi connectivity index (χ1v) is 4.95. The molecule has 0 bridgehead atoms. The van der Waals surface area contributed by atoms with Crippen LogP contribution in [0.4, 0.5) is 0 Å². The molecule has 0 saturated carbocycles. The van der Waals surface area contributed by atoms with Crippen molar-refractivity contribution in [3.8, 4) is 0 Å². The second kappa shape index (κ2) is 6.54. The minimum Gasteiger partial charge on any atom is -0.480 e. The summed E-state index contributed by atoms with van der Waals surface area (Å²) in [6.45, 7) is 0. The van der Waals surface area contributed by atoms with E-state index in [0.717, 1.165) is 0 Å². The molecule has 0 aliphatic heterocycles. The third-order valence-corrected chi connectivity index (χ3v) is 2.20. The summed E-state index contributed by atoms with van der Waals surface area (Å²) >= 11 is 3.77. The number of ketones is 2. The Hall–Kier alpha value is -0.920. The molecule has 0 fully saturated rings. The average Bonchev–Trinajstić information content (AvgIpc) is 2.22. The zero-order valence-corrected chi connectivity index (χ0v) is 8.94. The van der Waals surface area contributed by atoms with Crippen LogP contribution in [-0.4, -0.2) is 40.5 Å². The van der Waals surface area contributed by atoms with Crippen LogP contribution in [0.25, 0.3) is 0 Å². The molecule has 0 aromatic heterocycles. The minimum absolute atomic E-state index is 0.0702. The Morgan fingerprint density at radius 3 is 2.13 bits per heavy atom. The van der Waals surface area contributed by atoms with Gasteiger partial charge in [-0.25, -0.2) is 0 Å². The topological polar surface area (TPSA) is 123 Å². The third kappa shape index (κ3) is 4.91. The number of carboxylic acid groups (broad SMARTS) is 1. The van der Waals surface area contributed by atoms with Crippen molar-refractivity contribution in [2.24, 2.45) is 11.5 Å². The number of carbonyl (C=O) groups is 3. The fourth-order valence-electron chi connectivity index (χ4n) is 0.823. The van der Waals surface area contributed by atoms with Crippen LogP contribution in [-0.2, 0) is 14.4 Å². The molecule has 2 atom stereocenters. The molecule has 15 heavy (non-hydrogen) atoms. The van der Waals surface area contributed by atoms with Gasteiger partial charge in [0, 0.05) is 12.2 Å². The largest absolute Gasteiger partial charge is 0.480 e. The van der Waals surface area contributed by atoms with Gasteiger partial charge in [-0.1, -0.05) is 0 Å². The summed E-state index contributed by atoms with van der Waals surface area (Å²) < 4.78 is 0. The van der Waals surface area contributed by atoms with Crippen molar-refractivity contribution in [3.63, 3.8) is 0 Å². The summed E-state index contributed by atoms with van der Waals surface area (Å²) in [5.74, 6) is -2.56. The predicted octanol–water partition coefficient (Wildman–Crippen LogP) is -1.43. The minimum atomic E-state index is -1.20. The Bertz CT molecular complexity index is 269. The molecule has 6 nitrogen and oxygen atoms in total. The summed E-state index contributed by atoms with van der Waals surface area (Å²) in [5, 5.41) is 8.43. The average molecular weight is 234 g/mol. The van der Waals surface area contributed by atoms with E-state index < -0.39 is 29.6 Å². The van der Waals surface area contributed by atoms with Crippen LogP contribution in [0.15, 0.2) is 0 Å². The summed E-state index contributed by atoms with van der Waals surface area (Å²) in [6.07, 6.45) is -0.271. The third-order valence-electron chi connectivity index (χ3n) is 1.81. The second-order valence-electron chi connectivity index (χ2n) is 3.06. The van der Waals surface area contributed by atoms with Gasteiger partial charge in [0.2, 0.25) is 5.78 Å². The van der Waals surface area contributed by atoms with Crippen molar-refractivity contribution in [2.45, 2.75) is 24.9 Å². The number of carbonyl (C=O) groups excluding carboxylic acids is 2. The van der Waals surface area contributed by atoms with E-state index in [9.17, 15) is 14.4 Å². The van der Waals surface area contributed by atoms with Gasteiger partial charge in [0.1, 0.15) is 6.04 Å². The fraction of sp³-hybridized carbons (Fsp3) is 0.625. The molecular weight excluding hydrogens is 220 g/mol. The van der Waals surface area contributed by atoms with Crippen molar-refractivity contribution in [1.82, 2.24) is 0 Å². The SMILES string of the molecule is N[C@@H](CCC(=O)C(=O)[C@@H](N)CS)C(=O)O. The Morgan fingerprint density at radius 2 is 1.73 bits per heavy atom. The van der Waals surface area contributed by atoms with Crippen molar-refractivity contribution in [1.29, 1.82) is 0 Å². The molecule has 0 radical (unpaired) electrons. The molecular formula is C8H14N2O4S. The maximum atomic E-state index is 11.2. The standard InChI is InChI=1S/C8H14N2O4S/c9-4(8(13)14)1-2-6(11)7(12)5(10)3-15/h4-5,15H,1-3,9-10H2,(H,13,14)/t4-,5-/m0/s1. The van der Waals surface area contributed by atoms with E-state index in [0.29, 0.717) is 0 Å². The first kappa shape index (κ1) is 14.1. The highest BCUT2D eigenvalue weighted by Crippen LogP contribution is 1.99. The van der Waals surface area contributed by atoms with Gasteiger partial charge < -0.3 is 16.6 Å². The number of thiol groups is 1. The van der Waals surface area contributed by atoms with Crippen molar-refractivity contribution < 1.29 is 19.5 Å². The normalized spacial score (nSPS) is 14.3. The lowest BCUT2D eigenvalue weighted by Crippen LogP contribution is -2.38. The van der Waals surface area contributed by atoms with Gasteiger partial charge in [0.15, 0.2) is 5.78 Å². The molecule has 0 spiro atoms. The molecule has 0 saturated heterocycles. The van der Waals surface area contributed by atoms with Crippen molar-refractivity contribution in [2.75, 3.05) is 5.75 Å². The first-order chi connectivity index (χ1) is 6.90. The van der Waals surface area contributed by atoms with Crippen LogP contribution in [0.5, 0.6) is 0 Å². The van der Waals surface area contributed by atoms with Crippen molar-refractivity contribution in [3.05, 3.63) is 0 Å². The Kier molecular flexibility index (Phi) is 6.14. The van der Waals surface area contributed by atoms with E-state index in [1.807, 2.05) is 0 Å². The highest BCUT2D eigenvalue weighted by atomic mass is 32.1. The van der Waals surface area contributed by atoms with E-state index in [-0.39, 0.29) is 18.6 Å². The van der Waals surface area contributed by atoms with Gasteiger partial charge in [-0.3, -0.25) is 14.4 Å². The highest BCUT2D eigenvalue weighted by molar-refractivity contribution is 7.80. The monoisotopic (exact) mass is 234 g/mol. The predicted molar refractivity (Wildman–Crippen MR) is 56.7 cm³/mol. The molecule has 0 rings (SSSR count). The zero-order valence-electron chi connectivity index (χ0n) is 8.05. The van der Waals surface area contributed by atoms with Gasteiger partial charge in [-0.2, -0.15) is 12.6 Å². The molecule has 0 heterocycles. The van der Waals surface area contributed by atoms with Crippen LogP contribution >= 0.6 is 12.6 Å². The van der Waals surface area contributed by atoms with E-state index in [2.05, 4.69) is 12.6 Å². The summed E-state index contributed by atoms with van der Waals surface area (Å²) in [6, 6.07) is -2.06. The summed E-state index contributed by atoms with van der Waals surface area (Å²) in [7, 11) is 0. The number of carboxylic acids is 1. The van der Waals surface area contributed by atoms with Gasteiger partial charge in [0.25, 0.3) is 0 Å². The number of nitrogens with two attached hydrogens (primary N) is 2. The van der Waals surface area contributed by atoms with Gasteiger partial charge >= 0.3 is 5.97 Å². The van der Waals surface area contributed by atoms with Crippen LogP contribution < -0.4 is 11.5 Å². The molecule has 0 aromatic rings. The molecule has 86 valence electrons. The molecule has 7 heteroatoms. The molecule has 5 N–H and O–H groups in total. The number of rotatable bonds is 7. The van der Waals surface area contributed by atoms with E-state index in [4.69, 9.17) is 16.6 Å². The lowest BCUT2D eigenvalue weighted by molar-refractivity contribution is -0.140. The quantitative estimate of drug-likeness (QED) is 0.316. The Balaban J connectivity index is 4.04. The van der Waals surface area contributed by atoms with Crippen LogP contribution in [0.2, 0.25) is 0 Å². The van der Waals surface area contributed by atoms with Gasteiger partial charge in [-0.05, 0) is 6.42 Å². The molecule has 0 unspecified atom stereocenters. The lowest BCUT2D eigenvalue weighted by Gasteiger charge is -2.07. The van der Waals surface area contributed by atoms with E-state index in [1.54, 1.807) is 0 Å². The number of Topliss-reactive ketones (excluding diaryl/α,β-unsaturated/α-hetero) is 2. The Morgan fingerprint density at radius 1 is 1.20 bits per heavy atom. The number of aliphatic carboxylic acids is 1.